The van der Waals surface area contributed by atoms with Gasteiger partial charge in [0.05, 0.1) is 12.7 Å². The van der Waals surface area contributed by atoms with Gasteiger partial charge in [0.1, 0.15) is 11.5 Å². The van der Waals surface area contributed by atoms with Crippen LogP contribution in [0.1, 0.15) is 23.7 Å². The molecule has 2 N–H and O–H groups in total. The molecule has 0 aromatic heterocycles. The van der Waals surface area contributed by atoms with Gasteiger partial charge < -0.3 is 14.2 Å². The lowest BCUT2D eigenvalue weighted by molar-refractivity contribution is -0.155. The Kier molecular flexibility index (Phi) is 8.29. The normalized spacial score (nSPS) is 11.1. The van der Waals surface area contributed by atoms with E-state index in [-0.39, 0.29) is 11.3 Å². The summed E-state index contributed by atoms with van der Waals surface area (Å²) < 4.78 is 15.6. The summed E-state index contributed by atoms with van der Waals surface area (Å²) in [5.41, 5.74) is 4.50. The number of ether oxygens (including phenoxy) is 3. The van der Waals surface area contributed by atoms with Crippen LogP contribution in [0.3, 0.4) is 0 Å². The van der Waals surface area contributed by atoms with E-state index in [0.29, 0.717) is 17.2 Å². The van der Waals surface area contributed by atoms with Gasteiger partial charge in [0, 0.05) is 5.02 Å². The van der Waals surface area contributed by atoms with E-state index < -0.39 is 30.5 Å². The zero-order chi connectivity index (χ0) is 21.2. The second-order valence-electron chi connectivity index (χ2n) is 5.78. The minimum absolute atomic E-state index is 0.139. The van der Waals surface area contributed by atoms with Crippen molar-refractivity contribution >= 4 is 29.4 Å². The average molecular weight is 421 g/mol. The molecule has 0 saturated carbocycles. The monoisotopic (exact) mass is 420 g/mol. The summed E-state index contributed by atoms with van der Waals surface area (Å²) in [6.45, 7) is 1.17. The highest BCUT2D eigenvalue weighted by molar-refractivity contribution is 6.31. The van der Waals surface area contributed by atoms with Crippen LogP contribution in [-0.2, 0) is 14.3 Å². The molecule has 0 spiro atoms. The predicted octanol–water partition coefficient (Wildman–Crippen LogP) is 2.51. The van der Waals surface area contributed by atoms with E-state index in [2.05, 4.69) is 10.9 Å². The summed E-state index contributed by atoms with van der Waals surface area (Å²) in [5, 5.41) is 0.334. The number of benzene rings is 2. The van der Waals surface area contributed by atoms with E-state index in [1.807, 2.05) is 6.07 Å². The summed E-state index contributed by atoms with van der Waals surface area (Å²) in [6.07, 6.45) is -0.490. The summed E-state index contributed by atoms with van der Waals surface area (Å²) in [7, 11) is 1.40. The summed E-state index contributed by atoms with van der Waals surface area (Å²) >= 11 is 5.87. The van der Waals surface area contributed by atoms with E-state index in [4.69, 9.17) is 25.8 Å². The van der Waals surface area contributed by atoms with Gasteiger partial charge in [0.25, 0.3) is 11.8 Å². The molecular weight excluding hydrogens is 400 g/mol. The molecule has 0 aliphatic heterocycles. The number of nitrogens with one attached hydrogen (secondary N) is 2. The van der Waals surface area contributed by atoms with E-state index in [1.165, 1.54) is 19.2 Å². The zero-order valence-corrected chi connectivity index (χ0v) is 16.7. The van der Waals surface area contributed by atoms with Crippen molar-refractivity contribution in [2.45, 2.75) is 19.4 Å². The number of esters is 1. The van der Waals surface area contributed by atoms with Crippen molar-refractivity contribution in [3.05, 3.63) is 59.1 Å². The van der Waals surface area contributed by atoms with Gasteiger partial charge in [-0.05, 0) is 36.8 Å². The van der Waals surface area contributed by atoms with Crippen molar-refractivity contribution in [2.75, 3.05) is 13.7 Å². The van der Waals surface area contributed by atoms with Gasteiger partial charge in [-0.3, -0.25) is 20.4 Å². The first-order valence-corrected chi connectivity index (χ1v) is 9.13. The molecule has 0 aliphatic rings. The average Bonchev–Trinajstić information content (AvgIpc) is 2.74. The maximum absolute atomic E-state index is 12.2. The molecule has 0 unspecified atom stereocenters. The van der Waals surface area contributed by atoms with Crippen LogP contribution in [0.5, 0.6) is 11.5 Å². The van der Waals surface area contributed by atoms with Crippen LogP contribution in [0.25, 0.3) is 0 Å². The molecule has 2 amide bonds. The fourth-order valence-corrected chi connectivity index (χ4v) is 2.45. The van der Waals surface area contributed by atoms with Crippen LogP contribution in [-0.4, -0.2) is 37.6 Å². The van der Waals surface area contributed by atoms with Gasteiger partial charge in [-0.1, -0.05) is 36.7 Å². The highest BCUT2D eigenvalue weighted by atomic mass is 35.5. The van der Waals surface area contributed by atoms with Crippen LogP contribution in [0.2, 0.25) is 5.02 Å². The number of hydrazine groups is 1. The fraction of sp³-hybridized carbons (Fsp3) is 0.250. The molecule has 9 heteroatoms. The molecule has 1 atom stereocenters. The van der Waals surface area contributed by atoms with Gasteiger partial charge in [0.2, 0.25) is 0 Å². The summed E-state index contributed by atoms with van der Waals surface area (Å²) in [4.78, 5) is 36.2. The third-order valence-electron chi connectivity index (χ3n) is 3.72. The molecule has 0 aliphatic carbocycles. The van der Waals surface area contributed by atoms with Gasteiger partial charge in [-0.2, -0.15) is 0 Å². The van der Waals surface area contributed by atoms with Gasteiger partial charge >= 0.3 is 5.97 Å². The number of rotatable bonds is 8. The predicted molar refractivity (Wildman–Crippen MR) is 106 cm³/mol. The number of carbonyl (C=O) groups excluding carboxylic acids is 3. The molecule has 0 saturated heterocycles. The Morgan fingerprint density at radius 2 is 1.79 bits per heavy atom. The minimum atomic E-state index is -0.851. The van der Waals surface area contributed by atoms with Crippen molar-refractivity contribution in [1.29, 1.82) is 0 Å². The number of para-hydroxylation sites is 1. The lowest BCUT2D eigenvalue weighted by Gasteiger charge is -2.16. The van der Waals surface area contributed by atoms with Gasteiger partial charge in [0.15, 0.2) is 12.7 Å². The quantitative estimate of drug-likeness (QED) is 0.502. The largest absolute Gasteiger partial charge is 0.496 e. The van der Waals surface area contributed by atoms with Crippen molar-refractivity contribution in [3.8, 4) is 11.5 Å². The molecule has 0 heterocycles. The molecule has 2 rings (SSSR count). The zero-order valence-electron chi connectivity index (χ0n) is 15.9. The first-order valence-electron chi connectivity index (χ1n) is 8.75. The topological polar surface area (TPSA) is 103 Å². The van der Waals surface area contributed by atoms with E-state index >= 15 is 0 Å². The Balaban J connectivity index is 1.82. The number of hydrogen-bond acceptors (Lipinski definition) is 6. The lowest BCUT2D eigenvalue weighted by Crippen LogP contribution is -2.44. The van der Waals surface area contributed by atoms with Crippen molar-refractivity contribution in [3.63, 3.8) is 0 Å². The first-order chi connectivity index (χ1) is 13.9. The lowest BCUT2D eigenvalue weighted by atomic mass is 10.2. The Morgan fingerprint density at radius 1 is 1.07 bits per heavy atom. The Morgan fingerprint density at radius 3 is 2.45 bits per heavy atom. The smallest absolute Gasteiger partial charge is 0.347 e. The van der Waals surface area contributed by atoms with Crippen LogP contribution >= 0.6 is 11.6 Å². The van der Waals surface area contributed by atoms with E-state index in [0.717, 1.165) is 0 Å². The van der Waals surface area contributed by atoms with Crippen LogP contribution < -0.4 is 20.3 Å². The molecule has 29 heavy (non-hydrogen) atoms. The second kappa shape index (κ2) is 10.9. The number of halogens is 1. The second-order valence-corrected chi connectivity index (χ2v) is 6.22. The van der Waals surface area contributed by atoms with E-state index in [9.17, 15) is 14.4 Å². The molecule has 0 fully saturated rings. The summed E-state index contributed by atoms with van der Waals surface area (Å²) in [5.74, 6) is -1.24. The van der Waals surface area contributed by atoms with Crippen LogP contribution in [0, 0.1) is 0 Å². The maximum atomic E-state index is 12.2. The highest BCUT2D eigenvalue weighted by Crippen LogP contribution is 2.22. The minimum Gasteiger partial charge on any atom is -0.496 e. The van der Waals surface area contributed by atoms with Gasteiger partial charge in [-0.25, -0.2) is 4.79 Å². The SMILES string of the molecule is CC[C@H](Oc1ccccc1)C(=O)OCC(=O)NNC(=O)c1cc(Cl)ccc1OC. The van der Waals surface area contributed by atoms with E-state index in [1.54, 1.807) is 37.3 Å². The molecule has 154 valence electrons. The van der Waals surface area contributed by atoms with Crippen molar-refractivity contribution in [1.82, 2.24) is 10.9 Å². The Hall–Kier alpha value is -3.26. The Bertz CT molecular complexity index is 859. The third-order valence-corrected chi connectivity index (χ3v) is 3.96. The molecule has 2 aromatic rings. The molecule has 8 nitrogen and oxygen atoms in total. The standard InChI is InChI=1S/C20H21ClN2O6/c1-3-16(29-14-7-5-4-6-8-14)20(26)28-12-18(24)22-23-19(25)15-11-13(21)9-10-17(15)27-2/h4-11,16H,3,12H2,1-2H3,(H,22,24)(H,23,25)/t16-/m0/s1. The number of hydrogen-bond donors (Lipinski definition) is 2. The first kappa shape index (κ1) is 22.0. The number of amides is 2. The van der Waals surface area contributed by atoms with Crippen molar-refractivity contribution < 1.29 is 28.6 Å². The maximum Gasteiger partial charge on any atom is 0.347 e. The Labute approximate surface area is 173 Å². The molecule has 0 radical (unpaired) electrons. The molecule has 0 bridgehead atoms. The third kappa shape index (κ3) is 6.69. The highest BCUT2D eigenvalue weighted by Gasteiger charge is 2.21. The summed E-state index contributed by atoms with van der Waals surface area (Å²) in [6, 6.07) is 13.3. The number of carbonyl (C=O) groups is 3. The fourth-order valence-electron chi connectivity index (χ4n) is 2.28. The van der Waals surface area contributed by atoms with Crippen LogP contribution in [0.4, 0.5) is 0 Å². The van der Waals surface area contributed by atoms with Crippen molar-refractivity contribution in [2.24, 2.45) is 0 Å². The molecular formula is C20H21ClN2O6. The van der Waals surface area contributed by atoms with Crippen LogP contribution in [0.15, 0.2) is 48.5 Å². The number of methoxy groups -OCH3 is 1. The van der Waals surface area contributed by atoms with Gasteiger partial charge in [-0.15, -0.1) is 0 Å². The molecule has 2 aromatic carbocycles.